The van der Waals surface area contributed by atoms with E-state index in [2.05, 4.69) is 29.2 Å². The number of piperidine rings is 1. The average molecular weight is 296 g/mol. The average Bonchev–Trinajstić information content (AvgIpc) is 2.57. The summed E-state index contributed by atoms with van der Waals surface area (Å²) in [5.74, 6) is 0.521. The molecule has 4 nitrogen and oxygen atoms in total. The summed E-state index contributed by atoms with van der Waals surface area (Å²) in [6, 6.07) is 17.6. The van der Waals surface area contributed by atoms with E-state index in [1.165, 1.54) is 11.1 Å². The van der Waals surface area contributed by atoms with Crippen molar-refractivity contribution in [1.29, 1.82) is 0 Å². The summed E-state index contributed by atoms with van der Waals surface area (Å²) in [6.07, 6.45) is 2.23. The lowest BCUT2D eigenvalue weighted by Gasteiger charge is -2.32. The second-order valence-corrected chi connectivity index (χ2v) is 5.88. The third-order valence-corrected chi connectivity index (χ3v) is 4.41. The topological polar surface area (TPSA) is 46.4 Å². The number of nitrogens with zero attached hydrogens (tertiary/aromatic N) is 2. The second kappa shape index (κ2) is 6.71. The fourth-order valence-electron chi connectivity index (χ4n) is 3.13. The zero-order valence-corrected chi connectivity index (χ0v) is 12.5. The number of benzene rings is 2. The highest BCUT2D eigenvalue weighted by Crippen LogP contribution is 2.29. The molecule has 114 valence electrons. The summed E-state index contributed by atoms with van der Waals surface area (Å²) in [4.78, 5) is 12.8. The van der Waals surface area contributed by atoms with Gasteiger partial charge in [0.15, 0.2) is 0 Å². The fraction of sp³-hybridized carbons (Fsp3) is 0.333. The Morgan fingerprint density at radius 2 is 1.64 bits per heavy atom. The first-order valence-electron chi connectivity index (χ1n) is 7.73. The number of hydrogen-bond donors (Lipinski definition) is 0. The summed E-state index contributed by atoms with van der Waals surface area (Å²) >= 11 is 0. The van der Waals surface area contributed by atoms with E-state index in [9.17, 15) is 10.1 Å². The van der Waals surface area contributed by atoms with Gasteiger partial charge in [-0.3, -0.25) is 15.0 Å². The number of hydrogen-bond acceptors (Lipinski definition) is 3. The van der Waals surface area contributed by atoms with Gasteiger partial charge in [0.1, 0.15) is 0 Å². The van der Waals surface area contributed by atoms with Crippen molar-refractivity contribution in [2.24, 2.45) is 0 Å². The van der Waals surface area contributed by atoms with Gasteiger partial charge in [0.2, 0.25) is 0 Å². The van der Waals surface area contributed by atoms with Gasteiger partial charge < -0.3 is 0 Å². The van der Waals surface area contributed by atoms with E-state index in [4.69, 9.17) is 0 Å². The Kier molecular flexibility index (Phi) is 4.49. The Morgan fingerprint density at radius 3 is 2.23 bits per heavy atom. The van der Waals surface area contributed by atoms with E-state index in [0.717, 1.165) is 32.5 Å². The molecule has 2 aromatic rings. The third kappa shape index (κ3) is 3.52. The van der Waals surface area contributed by atoms with Crippen molar-refractivity contribution >= 4 is 5.69 Å². The molecule has 0 amide bonds. The highest BCUT2D eigenvalue weighted by molar-refractivity contribution is 5.34. The van der Waals surface area contributed by atoms with Gasteiger partial charge in [-0.1, -0.05) is 42.5 Å². The molecular formula is C18H20N2O2. The Labute approximate surface area is 130 Å². The van der Waals surface area contributed by atoms with Gasteiger partial charge in [0, 0.05) is 18.7 Å². The minimum atomic E-state index is -0.341. The van der Waals surface area contributed by atoms with Gasteiger partial charge in [-0.15, -0.1) is 0 Å². The van der Waals surface area contributed by atoms with Crippen LogP contribution in [0.15, 0.2) is 54.6 Å². The molecule has 0 aliphatic carbocycles. The third-order valence-electron chi connectivity index (χ3n) is 4.41. The van der Waals surface area contributed by atoms with Crippen LogP contribution in [0.4, 0.5) is 5.69 Å². The standard InChI is InChI=1S/C18H20N2O2/c21-20(22)18-8-6-16(7-9-18)17-10-12-19(13-11-17)14-15-4-2-1-3-5-15/h1-9,17H,10-14H2. The first-order chi connectivity index (χ1) is 10.7. The maximum atomic E-state index is 10.7. The van der Waals surface area contributed by atoms with Crippen molar-refractivity contribution in [2.75, 3.05) is 13.1 Å². The van der Waals surface area contributed by atoms with Crippen LogP contribution in [0.5, 0.6) is 0 Å². The number of likely N-dealkylation sites (tertiary alicyclic amines) is 1. The van der Waals surface area contributed by atoms with E-state index in [1.807, 2.05) is 18.2 Å². The van der Waals surface area contributed by atoms with Gasteiger partial charge in [0.25, 0.3) is 5.69 Å². The molecule has 22 heavy (non-hydrogen) atoms. The lowest BCUT2D eigenvalue weighted by Crippen LogP contribution is -2.32. The van der Waals surface area contributed by atoms with Crippen molar-refractivity contribution in [2.45, 2.75) is 25.3 Å². The molecule has 0 spiro atoms. The van der Waals surface area contributed by atoms with Crippen LogP contribution in [0.1, 0.15) is 29.9 Å². The molecule has 1 aliphatic heterocycles. The van der Waals surface area contributed by atoms with Crippen LogP contribution < -0.4 is 0 Å². The van der Waals surface area contributed by atoms with Crippen molar-refractivity contribution in [3.63, 3.8) is 0 Å². The van der Waals surface area contributed by atoms with E-state index >= 15 is 0 Å². The summed E-state index contributed by atoms with van der Waals surface area (Å²) in [5.41, 5.74) is 2.76. The summed E-state index contributed by atoms with van der Waals surface area (Å²) in [7, 11) is 0. The van der Waals surface area contributed by atoms with Gasteiger partial charge in [-0.05, 0) is 43.0 Å². The first-order valence-corrected chi connectivity index (χ1v) is 7.73. The molecule has 0 unspecified atom stereocenters. The molecule has 1 aliphatic rings. The predicted molar refractivity (Wildman–Crippen MR) is 86.8 cm³/mol. The van der Waals surface area contributed by atoms with Crippen LogP contribution in [-0.2, 0) is 6.54 Å². The minimum absolute atomic E-state index is 0.172. The van der Waals surface area contributed by atoms with Crippen LogP contribution in [0, 0.1) is 10.1 Å². The Bertz CT molecular complexity index is 617. The number of rotatable bonds is 4. The highest BCUT2D eigenvalue weighted by Gasteiger charge is 2.21. The smallest absolute Gasteiger partial charge is 0.269 e. The van der Waals surface area contributed by atoms with Crippen LogP contribution in [0.25, 0.3) is 0 Å². The van der Waals surface area contributed by atoms with Gasteiger partial charge >= 0.3 is 0 Å². The van der Waals surface area contributed by atoms with E-state index < -0.39 is 0 Å². The molecule has 1 saturated heterocycles. The van der Waals surface area contributed by atoms with Crippen molar-refractivity contribution in [3.8, 4) is 0 Å². The molecule has 1 heterocycles. The zero-order chi connectivity index (χ0) is 15.4. The highest BCUT2D eigenvalue weighted by atomic mass is 16.6. The van der Waals surface area contributed by atoms with Crippen LogP contribution in [0.2, 0.25) is 0 Å². The first kappa shape index (κ1) is 14.7. The molecule has 0 saturated carbocycles. The van der Waals surface area contributed by atoms with Crippen molar-refractivity contribution in [1.82, 2.24) is 4.90 Å². The normalized spacial score (nSPS) is 16.5. The molecule has 0 aromatic heterocycles. The second-order valence-electron chi connectivity index (χ2n) is 5.88. The molecule has 0 radical (unpaired) electrons. The summed E-state index contributed by atoms with van der Waals surface area (Å²) in [5, 5.41) is 10.7. The van der Waals surface area contributed by atoms with E-state index in [-0.39, 0.29) is 10.6 Å². The Balaban J connectivity index is 1.56. The molecule has 1 fully saturated rings. The molecular weight excluding hydrogens is 276 g/mol. The molecule has 0 N–H and O–H groups in total. The van der Waals surface area contributed by atoms with Crippen molar-refractivity contribution in [3.05, 3.63) is 75.8 Å². The van der Waals surface area contributed by atoms with E-state index in [0.29, 0.717) is 5.92 Å². The number of non-ortho nitro benzene ring substituents is 1. The lowest BCUT2D eigenvalue weighted by molar-refractivity contribution is -0.384. The van der Waals surface area contributed by atoms with Gasteiger partial charge in [-0.2, -0.15) is 0 Å². The minimum Gasteiger partial charge on any atom is -0.299 e. The van der Waals surface area contributed by atoms with Gasteiger partial charge in [-0.25, -0.2) is 0 Å². The van der Waals surface area contributed by atoms with Crippen LogP contribution in [-0.4, -0.2) is 22.9 Å². The Hall–Kier alpha value is -2.20. The maximum absolute atomic E-state index is 10.7. The summed E-state index contributed by atoms with van der Waals surface area (Å²) in [6.45, 7) is 3.17. The SMILES string of the molecule is O=[N+]([O-])c1ccc(C2CCN(Cc3ccccc3)CC2)cc1. The lowest BCUT2D eigenvalue weighted by atomic mass is 9.89. The Morgan fingerprint density at radius 1 is 1.00 bits per heavy atom. The molecule has 2 aromatic carbocycles. The fourth-order valence-corrected chi connectivity index (χ4v) is 3.13. The van der Waals surface area contributed by atoms with Crippen LogP contribution in [0.3, 0.4) is 0 Å². The van der Waals surface area contributed by atoms with Crippen molar-refractivity contribution < 1.29 is 4.92 Å². The van der Waals surface area contributed by atoms with Gasteiger partial charge in [0.05, 0.1) is 4.92 Å². The molecule has 3 rings (SSSR count). The maximum Gasteiger partial charge on any atom is 0.269 e. The largest absolute Gasteiger partial charge is 0.299 e. The number of nitro benzene ring substituents is 1. The summed E-state index contributed by atoms with van der Waals surface area (Å²) < 4.78 is 0. The quantitative estimate of drug-likeness (QED) is 0.633. The zero-order valence-electron chi connectivity index (χ0n) is 12.5. The predicted octanol–water partition coefficient (Wildman–Crippen LogP) is 3.97. The van der Waals surface area contributed by atoms with Crippen LogP contribution >= 0.6 is 0 Å². The molecule has 4 heteroatoms. The number of nitro groups is 1. The molecule has 0 atom stereocenters. The monoisotopic (exact) mass is 296 g/mol. The molecule has 0 bridgehead atoms. The van der Waals surface area contributed by atoms with E-state index in [1.54, 1.807) is 12.1 Å².